The zero-order valence-electron chi connectivity index (χ0n) is 28.1. The lowest BCUT2D eigenvalue weighted by Crippen LogP contribution is -2.26. The highest BCUT2D eigenvalue weighted by Crippen LogP contribution is 2.43. The van der Waals surface area contributed by atoms with Gasteiger partial charge in [-0.05, 0) is 108 Å². The quantitative estimate of drug-likeness (QED) is 0.164. The summed E-state index contributed by atoms with van der Waals surface area (Å²) in [6.07, 6.45) is 8.38. The summed E-state index contributed by atoms with van der Waals surface area (Å²) in [5.74, 6) is 1.86. The van der Waals surface area contributed by atoms with Gasteiger partial charge in [0.05, 0.1) is 13.2 Å². The van der Waals surface area contributed by atoms with Gasteiger partial charge in [-0.1, -0.05) is 153 Å². The third-order valence-electron chi connectivity index (χ3n) is 9.09. The zero-order valence-corrected chi connectivity index (χ0v) is 29.9. The lowest BCUT2D eigenvalue weighted by atomic mass is 10.0. The van der Waals surface area contributed by atoms with E-state index in [9.17, 15) is 0 Å². The number of rotatable bonds is 6. The van der Waals surface area contributed by atoms with Crippen molar-refractivity contribution in [3.05, 3.63) is 158 Å². The second-order valence-electron chi connectivity index (χ2n) is 12.5. The van der Waals surface area contributed by atoms with Crippen molar-refractivity contribution in [2.45, 2.75) is 44.9 Å². The molecule has 1 aliphatic rings. The van der Waals surface area contributed by atoms with Crippen molar-refractivity contribution < 1.29 is 9.47 Å². The lowest BCUT2D eigenvalue weighted by molar-refractivity contribution is 0.300. The molecule has 0 amide bonds. The summed E-state index contributed by atoms with van der Waals surface area (Å²) in [5, 5.41) is 7.98. The highest BCUT2D eigenvalue weighted by atomic mass is 31.1. The van der Waals surface area contributed by atoms with Gasteiger partial charge in [0, 0.05) is 0 Å². The van der Waals surface area contributed by atoms with E-state index >= 15 is 0 Å². The van der Waals surface area contributed by atoms with Crippen molar-refractivity contribution in [3.63, 3.8) is 0 Å². The van der Waals surface area contributed by atoms with Crippen LogP contribution in [-0.4, -0.2) is 13.2 Å². The molecule has 2 nitrogen and oxygen atoms in total. The Bertz CT molecular complexity index is 1680. The fourth-order valence-corrected chi connectivity index (χ4v) is 11.6. The first-order valence-electron chi connectivity index (χ1n) is 17.7. The predicted octanol–water partition coefficient (Wildman–Crippen LogP) is 9.37. The first-order chi connectivity index (χ1) is 24.3. The first-order valence-corrected chi connectivity index (χ1v) is 20.4. The Morgan fingerprint density at radius 1 is 0.327 bits per heavy atom. The summed E-state index contributed by atoms with van der Waals surface area (Å²) in [7, 11) is -1.73. The van der Waals surface area contributed by atoms with Crippen molar-refractivity contribution >= 4 is 47.7 Å². The van der Waals surface area contributed by atoms with Gasteiger partial charge in [-0.3, -0.25) is 0 Å². The molecule has 246 valence electrons. The average molecular weight is 679 g/mol. The highest BCUT2D eigenvalue weighted by molar-refractivity contribution is 7.80. The van der Waals surface area contributed by atoms with Gasteiger partial charge >= 0.3 is 0 Å². The molecular weight excluding hydrogens is 634 g/mol. The molecule has 1 heterocycles. The molecule has 0 saturated heterocycles. The number of ether oxygens (including phenoxy) is 2. The smallest absolute Gasteiger partial charge is 0.119 e. The molecule has 0 fully saturated rings. The van der Waals surface area contributed by atoms with Crippen LogP contribution in [0.2, 0.25) is 0 Å². The maximum atomic E-state index is 6.54. The highest BCUT2D eigenvalue weighted by Gasteiger charge is 2.26. The van der Waals surface area contributed by atoms with E-state index in [-0.39, 0.29) is 0 Å². The largest absolute Gasteiger partial charge is 0.494 e. The SMILES string of the molecule is c1ccc(P(c2ccccc2)c2ccc3cc2-c2cc(ccc2P(c2ccccc2)c2ccccc2)OCCCCCCCCCO3)cc1. The van der Waals surface area contributed by atoms with Crippen LogP contribution in [-0.2, 0) is 0 Å². The van der Waals surface area contributed by atoms with E-state index < -0.39 is 15.8 Å². The summed E-state index contributed by atoms with van der Waals surface area (Å²) in [6.45, 7) is 1.48. The molecule has 0 spiro atoms. The van der Waals surface area contributed by atoms with Crippen LogP contribution in [0.4, 0.5) is 0 Å². The van der Waals surface area contributed by atoms with E-state index in [2.05, 4.69) is 158 Å². The molecule has 0 aliphatic carbocycles. The van der Waals surface area contributed by atoms with E-state index in [1.165, 1.54) is 75.1 Å². The van der Waals surface area contributed by atoms with E-state index in [1.807, 2.05) is 0 Å². The maximum absolute atomic E-state index is 6.54. The summed E-state index contributed by atoms with van der Waals surface area (Å²) >= 11 is 0. The van der Waals surface area contributed by atoms with Crippen LogP contribution in [0.5, 0.6) is 11.5 Å². The van der Waals surface area contributed by atoms with E-state index in [1.54, 1.807) is 0 Å². The second kappa shape index (κ2) is 16.9. The van der Waals surface area contributed by atoms with Crippen molar-refractivity contribution in [2.75, 3.05) is 13.2 Å². The average Bonchev–Trinajstić information content (AvgIpc) is 3.16. The van der Waals surface area contributed by atoms with E-state index in [0.717, 1.165) is 37.6 Å². The van der Waals surface area contributed by atoms with Crippen molar-refractivity contribution in [1.29, 1.82) is 0 Å². The van der Waals surface area contributed by atoms with Gasteiger partial charge < -0.3 is 9.47 Å². The monoisotopic (exact) mass is 678 g/mol. The van der Waals surface area contributed by atoms with Gasteiger partial charge in [0.15, 0.2) is 0 Å². The maximum Gasteiger partial charge on any atom is 0.119 e. The van der Waals surface area contributed by atoms with Crippen LogP contribution in [0.1, 0.15) is 44.9 Å². The van der Waals surface area contributed by atoms with Gasteiger partial charge in [-0.2, -0.15) is 0 Å². The van der Waals surface area contributed by atoms with Gasteiger partial charge in [0.2, 0.25) is 0 Å². The molecule has 49 heavy (non-hydrogen) atoms. The van der Waals surface area contributed by atoms with Gasteiger partial charge in [0.25, 0.3) is 0 Å². The standard InChI is InChI=1S/C45H44O2P2/c1-2-4-18-32-46-36-28-30-44(48(38-20-10-6-11-21-38)39-22-12-7-13-23-39)42(34-36)43-35-37(47-33-19-5-3-1)29-31-45(43)49(40-24-14-8-15-25-40)41-26-16-9-17-27-41/h6-17,20-31,34-35H,1-5,18-19,32-33H2. The van der Waals surface area contributed by atoms with E-state index in [0.29, 0.717) is 0 Å². The van der Waals surface area contributed by atoms with Crippen LogP contribution < -0.4 is 41.3 Å². The molecule has 0 unspecified atom stereocenters. The summed E-state index contributed by atoms with van der Waals surface area (Å²) < 4.78 is 13.1. The molecule has 4 bridgehead atoms. The molecule has 0 atom stereocenters. The summed E-state index contributed by atoms with van der Waals surface area (Å²) in [6, 6.07) is 57.8. The van der Waals surface area contributed by atoms with Gasteiger partial charge in [0.1, 0.15) is 11.5 Å². The number of benzene rings is 6. The molecule has 1 aliphatic heterocycles. The van der Waals surface area contributed by atoms with Crippen LogP contribution in [0, 0.1) is 0 Å². The van der Waals surface area contributed by atoms with Crippen LogP contribution in [0.15, 0.2) is 158 Å². The fraction of sp³-hybridized carbons (Fsp3) is 0.200. The lowest BCUT2D eigenvalue weighted by Gasteiger charge is -2.27. The molecule has 0 saturated carbocycles. The third kappa shape index (κ3) is 8.33. The fourth-order valence-electron chi connectivity index (χ4n) is 6.66. The Kier molecular flexibility index (Phi) is 11.5. The van der Waals surface area contributed by atoms with Crippen molar-refractivity contribution in [1.82, 2.24) is 0 Å². The van der Waals surface area contributed by atoms with Crippen LogP contribution in [0.3, 0.4) is 0 Å². The Hall–Kier alpha value is -4.22. The van der Waals surface area contributed by atoms with Crippen molar-refractivity contribution in [3.8, 4) is 22.6 Å². The molecular formula is C45H44O2P2. The second-order valence-corrected chi connectivity index (χ2v) is 16.9. The number of hydrogen-bond acceptors (Lipinski definition) is 2. The summed E-state index contributed by atoms with van der Waals surface area (Å²) in [5.41, 5.74) is 2.45. The van der Waals surface area contributed by atoms with Crippen LogP contribution in [0.25, 0.3) is 11.1 Å². The Balaban J connectivity index is 1.47. The Labute approximate surface area is 294 Å². The van der Waals surface area contributed by atoms with Crippen molar-refractivity contribution in [2.24, 2.45) is 0 Å². The minimum atomic E-state index is -0.866. The molecule has 0 N–H and O–H groups in total. The van der Waals surface area contributed by atoms with Gasteiger partial charge in [-0.25, -0.2) is 0 Å². The minimum absolute atomic E-state index is 0.738. The van der Waals surface area contributed by atoms with E-state index in [4.69, 9.17) is 9.47 Å². The Morgan fingerprint density at radius 3 is 0.959 bits per heavy atom. The molecule has 6 aromatic rings. The number of hydrogen-bond donors (Lipinski definition) is 0. The Morgan fingerprint density at radius 2 is 0.633 bits per heavy atom. The zero-order chi connectivity index (χ0) is 33.1. The normalized spacial score (nSPS) is 14.1. The molecule has 4 heteroatoms. The minimum Gasteiger partial charge on any atom is -0.494 e. The first kappa shape index (κ1) is 33.3. The third-order valence-corrected chi connectivity index (χ3v) is 14.1. The predicted molar refractivity (Wildman–Crippen MR) is 213 cm³/mol. The van der Waals surface area contributed by atoms with Crippen LogP contribution >= 0.6 is 15.8 Å². The molecule has 0 radical (unpaired) electrons. The molecule has 0 aromatic heterocycles. The molecule has 6 aromatic carbocycles. The number of fused-ring (bicyclic) bond motifs is 5. The summed E-state index contributed by atoms with van der Waals surface area (Å²) in [4.78, 5) is 0. The topological polar surface area (TPSA) is 18.5 Å². The van der Waals surface area contributed by atoms with Gasteiger partial charge in [-0.15, -0.1) is 0 Å². The molecule has 7 rings (SSSR count).